The normalized spacial score (nSPS) is 12.9. The maximum atomic E-state index is 6.57. The largest absolute Gasteiger partial charge is 0.456 e. The first-order chi connectivity index (χ1) is 31.9. The van der Waals surface area contributed by atoms with Gasteiger partial charge in [-0.05, 0) is 92.0 Å². The third-order valence-electron chi connectivity index (χ3n) is 13.3. The third-order valence-corrected chi connectivity index (χ3v) is 14.5. The van der Waals surface area contributed by atoms with Crippen molar-refractivity contribution in [2.75, 3.05) is 0 Å². The smallest absolute Gasteiger partial charge is 0.164 e. The van der Waals surface area contributed by atoms with Crippen LogP contribution in [0.15, 0.2) is 205 Å². The molecule has 0 saturated heterocycles. The van der Waals surface area contributed by atoms with Gasteiger partial charge >= 0.3 is 0 Å². The second kappa shape index (κ2) is 14.5. The van der Waals surface area contributed by atoms with Crippen molar-refractivity contribution in [3.8, 4) is 78.7 Å². The van der Waals surface area contributed by atoms with Crippen LogP contribution in [0.5, 0.6) is 0 Å². The lowest BCUT2D eigenvalue weighted by molar-refractivity contribution is 0.662. The second-order valence-corrected chi connectivity index (χ2v) is 18.6. The Morgan fingerprint density at radius 2 is 0.954 bits per heavy atom. The first kappa shape index (κ1) is 37.6. The predicted molar refractivity (Wildman–Crippen MR) is 270 cm³/mol. The summed E-state index contributed by atoms with van der Waals surface area (Å²) in [5, 5.41) is 4.48. The molecule has 12 aromatic rings. The van der Waals surface area contributed by atoms with Crippen LogP contribution in [0, 0.1) is 0 Å². The molecule has 9 aromatic carbocycles. The van der Waals surface area contributed by atoms with Gasteiger partial charge in [0, 0.05) is 53.1 Å². The third kappa shape index (κ3) is 6.07. The molecule has 0 radical (unpaired) electrons. The van der Waals surface area contributed by atoms with Gasteiger partial charge in [0.1, 0.15) is 11.2 Å². The number of fused-ring (bicyclic) bond motifs is 9. The van der Waals surface area contributed by atoms with Crippen molar-refractivity contribution in [1.82, 2.24) is 15.0 Å². The minimum absolute atomic E-state index is 0.0920. The molecule has 65 heavy (non-hydrogen) atoms. The monoisotopic (exact) mass is 849 g/mol. The van der Waals surface area contributed by atoms with Crippen molar-refractivity contribution in [3.63, 3.8) is 0 Å². The number of aromatic nitrogens is 3. The van der Waals surface area contributed by atoms with Gasteiger partial charge in [-0.15, -0.1) is 11.3 Å². The van der Waals surface area contributed by atoms with Crippen LogP contribution in [-0.2, 0) is 5.41 Å². The molecular weight excluding hydrogens is 811 g/mol. The SMILES string of the molecule is CC1(C)c2ccccc2-c2cccc(-c3ccc(-c4ccc5oc6cccc(-c7nc(-c8cccc(-c9ccccc9)c8)nc(-c8ccc9c(c8)sc8ccccc89)n7)c6c5c4)cc3)c21. The van der Waals surface area contributed by atoms with E-state index >= 15 is 0 Å². The van der Waals surface area contributed by atoms with Crippen LogP contribution in [0.2, 0.25) is 0 Å². The standard InChI is InChI=1S/C60H39N3OS/c1-60(2)50-22-8-6-17-44(50)47-20-11-19-43(56(47)60)38-27-25-37(26-28-38)40-30-32-51-49(34-40)55-48(21-12-23-52(55)64-51)59-62-57(41-16-10-15-39(33-41)36-13-4-3-5-14-36)61-58(63-59)42-29-31-46-45-18-7-9-24-53(45)65-54(46)35-42/h3-35H,1-2H3. The number of benzene rings is 9. The van der Waals surface area contributed by atoms with Gasteiger partial charge in [-0.1, -0.05) is 178 Å². The molecule has 13 rings (SSSR count). The maximum Gasteiger partial charge on any atom is 0.164 e. The number of thiophene rings is 1. The number of rotatable bonds is 6. The highest BCUT2D eigenvalue weighted by Gasteiger charge is 2.37. The van der Waals surface area contributed by atoms with Crippen molar-refractivity contribution in [2.45, 2.75) is 19.3 Å². The lowest BCUT2D eigenvalue weighted by Crippen LogP contribution is -2.16. The Morgan fingerprint density at radius 3 is 1.83 bits per heavy atom. The summed E-state index contributed by atoms with van der Waals surface area (Å²) in [4.78, 5) is 15.8. The van der Waals surface area contributed by atoms with E-state index in [-0.39, 0.29) is 5.41 Å². The van der Waals surface area contributed by atoms with Crippen LogP contribution in [-0.4, -0.2) is 15.0 Å². The summed E-state index contributed by atoms with van der Waals surface area (Å²) in [6.45, 7) is 4.70. The molecule has 0 spiro atoms. The van der Waals surface area contributed by atoms with Crippen LogP contribution in [0.25, 0.3) is 121 Å². The van der Waals surface area contributed by atoms with Crippen molar-refractivity contribution in [3.05, 3.63) is 211 Å². The van der Waals surface area contributed by atoms with Crippen molar-refractivity contribution < 1.29 is 4.42 Å². The van der Waals surface area contributed by atoms with E-state index in [0.29, 0.717) is 17.5 Å². The first-order valence-electron chi connectivity index (χ1n) is 22.1. The molecule has 3 heterocycles. The van der Waals surface area contributed by atoms with Crippen LogP contribution in [0.4, 0.5) is 0 Å². The number of furan rings is 1. The highest BCUT2D eigenvalue weighted by molar-refractivity contribution is 7.25. The lowest BCUT2D eigenvalue weighted by Gasteiger charge is -2.24. The number of hydrogen-bond donors (Lipinski definition) is 0. The average molecular weight is 850 g/mol. The maximum absolute atomic E-state index is 6.57. The molecule has 0 unspecified atom stereocenters. The zero-order chi connectivity index (χ0) is 43.2. The Kier molecular flexibility index (Phi) is 8.39. The highest BCUT2D eigenvalue weighted by Crippen LogP contribution is 2.52. The summed E-state index contributed by atoms with van der Waals surface area (Å²) in [6.07, 6.45) is 0. The first-order valence-corrected chi connectivity index (χ1v) is 22.9. The Balaban J connectivity index is 0.937. The molecule has 1 aliphatic carbocycles. The molecule has 3 aromatic heterocycles. The van der Waals surface area contributed by atoms with Gasteiger partial charge in [0.15, 0.2) is 17.5 Å². The molecule has 5 heteroatoms. The van der Waals surface area contributed by atoms with Gasteiger partial charge < -0.3 is 4.42 Å². The molecular formula is C60H39N3OS. The van der Waals surface area contributed by atoms with Crippen LogP contribution >= 0.6 is 11.3 Å². The van der Waals surface area contributed by atoms with Gasteiger partial charge in [0.05, 0.1) is 0 Å². The van der Waals surface area contributed by atoms with E-state index in [2.05, 4.69) is 196 Å². The van der Waals surface area contributed by atoms with E-state index in [9.17, 15) is 0 Å². The molecule has 0 fully saturated rings. The minimum Gasteiger partial charge on any atom is -0.456 e. The fraction of sp³-hybridized carbons (Fsp3) is 0.0500. The summed E-state index contributed by atoms with van der Waals surface area (Å²) in [5.74, 6) is 1.83. The fourth-order valence-corrected chi connectivity index (χ4v) is 11.4. The van der Waals surface area contributed by atoms with Gasteiger partial charge in [-0.2, -0.15) is 0 Å². The van der Waals surface area contributed by atoms with E-state index in [1.807, 2.05) is 18.2 Å². The Bertz CT molecular complexity index is 3860. The number of nitrogens with zero attached hydrogens (tertiary/aromatic N) is 3. The fourth-order valence-electron chi connectivity index (χ4n) is 10.2. The molecule has 4 nitrogen and oxygen atoms in total. The zero-order valence-corrected chi connectivity index (χ0v) is 36.5. The quantitative estimate of drug-likeness (QED) is 0.167. The predicted octanol–water partition coefficient (Wildman–Crippen LogP) is 16.4. The summed E-state index contributed by atoms with van der Waals surface area (Å²) in [6, 6.07) is 71.3. The van der Waals surface area contributed by atoms with Gasteiger partial charge in [-0.3, -0.25) is 0 Å². The second-order valence-electron chi connectivity index (χ2n) is 17.5. The molecule has 0 saturated carbocycles. The summed E-state index contributed by atoms with van der Waals surface area (Å²) < 4.78 is 9.03. The van der Waals surface area contributed by atoms with Crippen molar-refractivity contribution >= 4 is 53.4 Å². The molecule has 0 N–H and O–H groups in total. The van der Waals surface area contributed by atoms with Crippen molar-refractivity contribution in [2.24, 2.45) is 0 Å². The summed E-state index contributed by atoms with van der Waals surface area (Å²) in [7, 11) is 0. The van der Waals surface area contributed by atoms with E-state index in [4.69, 9.17) is 19.4 Å². The van der Waals surface area contributed by atoms with E-state index in [1.54, 1.807) is 11.3 Å². The van der Waals surface area contributed by atoms with Crippen LogP contribution < -0.4 is 0 Å². The van der Waals surface area contributed by atoms with Crippen LogP contribution in [0.1, 0.15) is 25.0 Å². The molecule has 0 aliphatic heterocycles. The zero-order valence-electron chi connectivity index (χ0n) is 35.7. The molecule has 0 amide bonds. The molecule has 306 valence electrons. The molecule has 0 bridgehead atoms. The van der Waals surface area contributed by atoms with Crippen molar-refractivity contribution in [1.29, 1.82) is 0 Å². The van der Waals surface area contributed by atoms with E-state index in [1.165, 1.54) is 53.6 Å². The van der Waals surface area contributed by atoms with E-state index in [0.717, 1.165) is 60.9 Å². The average Bonchev–Trinajstić information content (AvgIpc) is 4.01. The Hall–Kier alpha value is -7.99. The van der Waals surface area contributed by atoms with E-state index < -0.39 is 0 Å². The minimum atomic E-state index is -0.0920. The highest BCUT2D eigenvalue weighted by atomic mass is 32.1. The topological polar surface area (TPSA) is 51.8 Å². The summed E-state index contributed by atoms with van der Waals surface area (Å²) >= 11 is 1.79. The Labute approximate surface area is 380 Å². The number of hydrogen-bond acceptors (Lipinski definition) is 5. The van der Waals surface area contributed by atoms with Gasteiger partial charge in [-0.25, -0.2) is 15.0 Å². The van der Waals surface area contributed by atoms with Gasteiger partial charge in [0.25, 0.3) is 0 Å². The molecule has 1 aliphatic rings. The van der Waals surface area contributed by atoms with Crippen LogP contribution in [0.3, 0.4) is 0 Å². The van der Waals surface area contributed by atoms with Gasteiger partial charge in [0.2, 0.25) is 0 Å². The lowest BCUT2D eigenvalue weighted by atomic mass is 9.79. The summed E-state index contributed by atoms with van der Waals surface area (Å²) in [5.41, 5.74) is 16.7. The Morgan fingerprint density at radius 1 is 0.369 bits per heavy atom. The molecule has 0 atom stereocenters.